The van der Waals surface area contributed by atoms with Gasteiger partial charge >= 0.3 is 23.9 Å². The Morgan fingerprint density at radius 1 is 0.545 bits per heavy atom. The third kappa shape index (κ3) is 2.00. The van der Waals surface area contributed by atoms with Crippen molar-refractivity contribution in [1.82, 2.24) is 0 Å². The number of hydrogen-bond donors (Lipinski definition) is 0. The van der Waals surface area contributed by atoms with E-state index >= 15 is 0 Å². The van der Waals surface area contributed by atoms with Gasteiger partial charge in [0.05, 0.1) is 23.7 Å². The molecule has 2 aliphatic heterocycles. The van der Waals surface area contributed by atoms with E-state index < -0.39 is 0 Å². The number of hydrogen-bond acceptors (Lipinski definition) is 6. The Morgan fingerprint density at radius 2 is 0.909 bits per heavy atom. The average molecular weight is 306 g/mol. The highest BCUT2D eigenvalue weighted by Gasteiger charge is 2.52. The molecular weight excluding hydrogens is 288 g/mol. The van der Waals surface area contributed by atoms with E-state index in [0.717, 1.165) is 12.8 Å². The molecule has 4 aliphatic rings. The van der Waals surface area contributed by atoms with Gasteiger partial charge in [0.1, 0.15) is 0 Å². The van der Waals surface area contributed by atoms with Crippen LogP contribution in [0.5, 0.6) is 0 Å². The molecule has 0 unspecified atom stereocenters. The van der Waals surface area contributed by atoms with Crippen LogP contribution in [0.4, 0.5) is 0 Å². The fourth-order valence-electron chi connectivity index (χ4n) is 4.85. The summed E-state index contributed by atoms with van der Waals surface area (Å²) in [5, 5.41) is 0. The summed E-state index contributed by atoms with van der Waals surface area (Å²) in [6, 6.07) is 0. The van der Waals surface area contributed by atoms with Crippen molar-refractivity contribution in [2.45, 2.75) is 38.5 Å². The summed E-state index contributed by atoms with van der Waals surface area (Å²) in [4.78, 5) is 46.7. The smallest absolute Gasteiger partial charge is 0.317 e. The maximum atomic E-state index is 11.8. The van der Waals surface area contributed by atoms with Crippen LogP contribution in [0.2, 0.25) is 0 Å². The first-order chi connectivity index (χ1) is 10.5. The summed E-state index contributed by atoms with van der Waals surface area (Å²) in [6.07, 6.45) is 4.48. The molecule has 0 aromatic rings. The molecule has 2 heterocycles. The van der Waals surface area contributed by atoms with Crippen molar-refractivity contribution in [3.05, 3.63) is 0 Å². The standard InChI is InChI=1S/C16H18O6/c17-13-9-3-1-7(5-11(9)15(19)21-13)8-2-4-10-12(6-8)16(20)22-14(10)18/h7-12H,1-6H2/t7-,8-,9+,10+,11-,12-/m1/s1. The molecule has 6 heteroatoms. The van der Waals surface area contributed by atoms with Gasteiger partial charge in [-0.05, 0) is 50.4 Å². The van der Waals surface area contributed by atoms with Gasteiger partial charge in [0.2, 0.25) is 0 Å². The van der Waals surface area contributed by atoms with E-state index in [2.05, 4.69) is 0 Å². The lowest BCUT2D eigenvalue weighted by Gasteiger charge is -2.37. The number of esters is 4. The fourth-order valence-corrected chi connectivity index (χ4v) is 4.85. The summed E-state index contributed by atoms with van der Waals surface area (Å²) in [5.74, 6) is -2.01. The van der Waals surface area contributed by atoms with Gasteiger partial charge in [-0.1, -0.05) is 0 Å². The van der Waals surface area contributed by atoms with Gasteiger partial charge in [-0.15, -0.1) is 0 Å². The molecule has 0 aromatic heterocycles. The van der Waals surface area contributed by atoms with Gasteiger partial charge in [-0.3, -0.25) is 19.2 Å². The molecule has 0 bridgehead atoms. The highest BCUT2D eigenvalue weighted by molar-refractivity contribution is 5.97. The van der Waals surface area contributed by atoms with Crippen molar-refractivity contribution < 1.29 is 28.7 Å². The second kappa shape index (κ2) is 4.89. The first-order valence-electron chi connectivity index (χ1n) is 8.05. The summed E-state index contributed by atoms with van der Waals surface area (Å²) < 4.78 is 9.50. The van der Waals surface area contributed by atoms with Gasteiger partial charge in [0, 0.05) is 0 Å². The molecule has 2 aliphatic carbocycles. The van der Waals surface area contributed by atoms with E-state index in [9.17, 15) is 19.2 Å². The Labute approximate surface area is 127 Å². The van der Waals surface area contributed by atoms with Crippen LogP contribution in [0.3, 0.4) is 0 Å². The lowest BCUT2D eigenvalue weighted by Crippen LogP contribution is -2.35. The fraction of sp³-hybridized carbons (Fsp3) is 0.750. The number of rotatable bonds is 1. The molecule has 4 fully saturated rings. The molecule has 118 valence electrons. The number of cyclic esters (lactones) is 4. The van der Waals surface area contributed by atoms with Crippen molar-refractivity contribution in [2.75, 3.05) is 0 Å². The Balaban J connectivity index is 1.45. The van der Waals surface area contributed by atoms with Crippen molar-refractivity contribution in [2.24, 2.45) is 35.5 Å². The Bertz CT molecular complexity index is 517. The van der Waals surface area contributed by atoms with E-state index in [-0.39, 0.29) is 47.5 Å². The van der Waals surface area contributed by atoms with Crippen LogP contribution in [0, 0.1) is 35.5 Å². The van der Waals surface area contributed by atoms with Crippen LogP contribution in [-0.4, -0.2) is 23.9 Å². The molecule has 0 N–H and O–H groups in total. The summed E-state index contributed by atoms with van der Waals surface area (Å²) >= 11 is 0. The Morgan fingerprint density at radius 3 is 1.32 bits per heavy atom. The third-order valence-corrected chi connectivity index (χ3v) is 6.06. The number of carbonyl (C=O) groups is 4. The van der Waals surface area contributed by atoms with E-state index in [0.29, 0.717) is 37.5 Å². The second-order valence-corrected chi connectivity index (χ2v) is 7.05. The van der Waals surface area contributed by atoms with Crippen LogP contribution < -0.4 is 0 Å². The molecule has 2 saturated carbocycles. The third-order valence-electron chi connectivity index (χ3n) is 6.06. The zero-order chi connectivity index (χ0) is 15.4. The zero-order valence-corrected chi connectivity index (χ0v) is 12.2. The number of fused-ring (bicyclic) bond motifs is 2. The highest BCUT2D eigenvalue weighted by Crippen LogP contribution is 2.48. The predicted octanol–water partition coefficient (Wildman–Crippen LogP) is 1.22. The van der Waals surface area contributed by atoms with Crippen molar-refractivity contribution in [3.63, 3.8) is 0 Å². The van der Waals surface area contributed by atoms with E-state index in [4.69, 9.17) is 9.47 Å². The largest absolute Gasteiger partial charge is 0.393 e. The molecule has 0 aromatic carbocycles. The molecule has 0 radical (unpaired) electrons. The minimum absolute atomic E-state index is 0.266. The maximum Gasteiger partial charge on any atom is 0.317 e. The van der Waals surface area contributed by atoms with Gasteiger partial charge in [0.15, 0.2) is 0 Å². The van der Waals surface area contributed by atoms with E-state index in [1.165, 1.54) is 0 Å². The Hall–Kier alpha value is -1.72. The minimum Gasteiger partial charge on any atom is -0.393 e. The van der Waals surface area contributed by atoms with Crippen molar-refractivity contribution in [1.29, 1.82) is 0 Å². The van der Waals surface area contributed by atoms with Crippen LogP contribution in [0.1, 0.15) is 38.5 Å². The number of carbonyl (C=O) groups excluding carboxylic acids is 4. The minimum atomic E-state index is -0.385. The van der Waals surface area contributed by atoms with Crippen molar-refractivity contribution in [3.8, 4) is 0 Å². The molecule has 2 saturated heterocycles. The van der Waals surface area contributed by atoms with Gasteiger partial charge in [0.25, 0.3) is 0 Å². The normalized spacial score (nSPS) is 44.4. The zero-order valence-electron chi connectivity index (χ0n) is 12.2. The van der Waals surface area contributed by atoms with Crippen LogP contribution >= 0.6 is 0 Å². The summed E-state index contributed by atoms with van der Waals surface area (Å²) in [6.45, 7) is 0. The predicted molar refractivity (Wildman–Crippen MR) is 70.8 cm³/mol. The average Bonchev–Trinajstić information content (AvgIpc) is 2.96. The topological polar surface area (TPSA) is 86.7 Å². The molecule has 0 amide bonds. The summed E-state index contributed by atoms with van der Waals surface area (Å²) in [7, 11) is 0. The highest BCUT2D eigenvalue weighted by atomic mass is 16.6. The quantitative estimate of drug-likeness (QED) is 0.535. The van der Waals surface area contributed by atoms with Crippen molar-refractivity contribution >= 4 is 23.9 Å². The molecule has 4 rings (SSSR count). The van der Waals surface area contributed by atoms with E-state index in [1.54, 1.807) is 0 Å². The first kappa shape index (κ1) is 13.9. The van der Waals surface area contributed by atoms with Gasteiger partial charge in [-0.25, -0.2) is 0 Å². The second-order valence-electron chi connectivity index (χ2n) is 7.05. The van der Waals surface area contributed by atoms with E-state index in [1.807, 2.05) is 0 Å². The lowest BCUT2D eigenvalue weighted by atomic mass is 9.64. The SMILES string of the molecule is O=C1OC(=O)[C@@H]2C[C@H]([C@@H]3CC[C@@H]4C(=O)OC(=O)[C@@H]4C3)CC[C@H]12. The summed E-state index contributed by atoms with van der Waals surface area (Å²) in [5.41, 5.74) is 0. The Kier molecular flexibility index (Phi) is 3.09. The van der Waals surface area contributed by atoms with Gasteiger partial charge < -0.3 is 9.47 Å². The molecule has 22 heavy (non-hydrogen) atoms. The maximum absolute atomic E-state index is 11.8. The first-order valence-corrected chi connectivity index (χ1v) is 8.05. The molecular formula is C16H18O6. The van der Waals surface area contributed by atoms with Crippen LogP contribution in [0.25, 0.3) is 0 Å². The molecule has 0 spiro atoms. The van der Waals surface area contributed by atoms with Crippen LogP contribution in [0.15, 0.2) is 0 Å². The molecule has 6 atom stereocenters. The van der Waals surface area contributed by atoms with Crippen LogP contribution in [-0.2, 0) is 28.7 Å². The lowest BCUT2D eigenvalue weighted by molar-refractivity contribution is -0.155. The monoisotopic (exact) mass is 306 g/mol. The molecule has 6 nitrogen and oxygen atoms in total. The number of ether oxygens (including phenoxy) is 2. The van der Waals surface area contributed by atoms with Gasteiger partial charge in [-0.2, -0.15) is 0 Å².